The number of amides is 1. The number of allylic oxidation sites excluding steroid dienone is 1. The van der Waals surface area contributed by atoms with E-state index in [-0.39, 0.29) is 5.91 Å². The number of hydrogen-bond donors (Lipinski definition) is 1. The van der Waals surface area contributed by atoms with Gasteiger partial charge in [0.1, 0.15) is 0 Å². The third-order valence-corrected chi connectivity index (χ3v) is 2.95. The first-order valence-corrected chi connectivity index (χ1v) is 6.08. The van der Waals surface area contributed by atoms with E-state index in [2.05, 4.69) is 21.6 Å². The number of aromatic nitrogens is 3. The highest BCUT2D eigenvalue weighted by molar-refractivity contribution is 5.91. The van der Waals surface area contributed by atoms with Gasteiger partial charge in [-0.1, -0.05) is 11.6 Å². The summed E-state index contributed by atoms with van der Waals surface area (Å²) in [5.41, 5.74) is 1.85. The van der Waals surface area contributed by atoms with Crippen LogP contribution in [0.15, 0.2) is 17.8 Å². The van der Waals surface area contributed by atoms with Gasteiger partial charge in [-0.25, -0.2) is 0 Å². The lowest BCUT2D eigenvalue weighted by atomic mass is 9.97. The van der Waals surface area contributed by atoms with Crippen molar-refractivity contribution in [1.82, 2.24) is 20.3 Å². The zero-order chi connectivity index (χ0) is 12.1. The van der Waals surface area contributed by atoms with E-state index in [1.165, 1.54) is 42.2 Å². The van der Waals surface area contributed by atoms with E-state index in [1.807, 2.05) is 0 Å². The van der Waals surface area contributed by atoms with Crippen LogP contribution in [0.2, 0.25) is 0 Å². The molecule has 1 aliphatic rings. The van der Waals surface area contributed by atoms with E-state index in [1.54, 1.807) is 7.05 Å². The summed E-state index contributed by atoms with van der Waals surface area (Å²) in [7, 11) is 1.70. The van der Waals surface area contributed by atoms with Crippen molar-refractivity contribution < 1.29 is 4.79 Å². The van der Waals surface area contributed by atoms with Crippen LogP contribution < -0.4 is 5.32 Å². The van der Waals surface area contributed by atoms with Crippen LogP contribution in [0.25, 0.3) is 0 Å². The summed E-state index contributed by atoms with van der Waals surface area (Å²) in [6, 6.07) is 0. The van der Waals surface area contributed by atoms with Gasteiger partial charge in [-0.05, 0) is 32.1 Å². The highest BCUT2D eigenvalue weighted by Crippen LogP contribution is 2.19. The molecule has 2 rings (SSSR count). The molecule has 0 aromatic carbocycles. The van der Waals surface area contributed by atoms with Crippen molar-refractivity contribution in [1.29, 1.82) is 0 Å². The van der Waals surface area contributed by atoms with Crippen molar-refractivity contribution in [3.63, 3.8) is 0 Å². The summed E-state index contributed by atoms with van der Waals surface area (Å²) in [4.78, 5) is 13.0. The first-order chi connectivity index (χ1) is 8.25. The molecule has 0 unspecified atom stereocenters. The Morgan fingerprint density at radius 2 is 2.41 bits per heavy atom. The van der Waals surface area contributed by atoms with E-state index in [4.69, 9.17) is 0 Å². The zero-order valence-corrected chi connectivity index (χ0v) is 10.1. The summed E-state index contributed by atoms with van der Waals surface area (Å²) < 4.78 is 0. The maximum absolute atomic E-state index is 11.7. The van der Waals surface area contributed by atoms with Gasteiger partial charge < -0.3 is 5.32 Å². The summed E-state index contributed by atoms with van der Waals surface area (Å²) in [6.45, 7) is 0.682. The smallest absolute Gasteiger partial charge is 0.273 e. The molecule has 0 spiro atoms. The molecular formula is C12H18N4O. The van der Waals surface area contributed by atoms with Crippen molar-refractivity contribution >= 4 is 5.91 Å². The Labute approximate surface area is 101 Å². The van der Waals surface area contributed by atoms with Crippen molar-refractivity contribution in [3.8, 4) is 0 Å². The van der Waals surface area contributed by atoms with Gasteiger partial charge in [0.25, 0.3) is 5.91 Å². The quantitative estimate of drug-likeness (QED) is 0.802. The molecule has 1 N–H and O–H groups in total. The van der Waals surface area contributed by atoms with Crippen LogP contribution in [0.5, 0.6) is 0 Å². The lowest BCUT2D eigenvalue weighted by molar-refractivity contribution is 0.0948. The SMILES string of the molecule is Cn1ncc(C(=O)NCCC2=CCCCC2)n1. The lowest BCUT2D eigenvalue weighted by Gasteiger charge is -2.12. The van der Waals surface area contributed by atoms with Gasteiger partial charge in [-0.15, -0.1) is 5.10 Å². The fourth-order valence-corrected chi connectivity index (χ4v) is 2.01. The van der Waals surface area contributed by atoms with Crippen LogP contribution in [0.4, 0.5) is 0 Å². The molecule has 1 aromatic rings. The van der Waals surface area contributed by atoms with Gasteiger partial charge in [-0.3, -0.25) is 4.79 Å². The minimum atomic E-state index is -0.144. The predicted molar refractivity (Wildman–Crippen MR) is 64.5 cm³/mol. The highest BCUT2D eigenvalue weighted by atomic mass is 16.2. The Morgan fingerprint density at radius 3 is 3.06 bits per heavy atom. The summed E-state index contributed by atoms with van der Waals surface area (Å²) in [5.74, 6) is -0.144. The van der Waals surface area contributed by atoms with Gasteiger partial charge in [0.2, 0.25) is 0 Å². The lowest BCUT2D eigenvalue weighted by Crippen LogP contribution is -2.25. The van der Waals surface area contributed by atoms with Gasteiger partial charge in [0.05, 0.1) is 6.20 Å². The van der Waals surface area contributed by atoms with Gasteiger partial charge in [0.15, 0.2) is 5.69 Å². The van der Waals surface area contributed by atoms with Crippen molar-refractivity contribution in [2.24, 2.45) is 7.05 Å². The average Bonchev–Trinajstić information content (AvgIpc) is 2.77. The number of hydrogen-bond acceptors (Lipinski definition) is 3. The molecule has 1 aliphatic carbocycles. The van der Waals surface area contributed by atoms with E-state index in [0.717, 1.165) is 6.42 Å². The molecule has 0 fully saturated rings. The van der Waals surface area contributed by atoms with E-state index in [0.29, 0.717) is 12.2 Å². The van der Waals surface area contributed by atoms with Crippen LogP contribution in [0, 0.1) is 0 Å². The predicted octanol–water partition coefficient (Wildman–Crippen LogP) is 1.44. The summed E-state index contributed by atoms with van der Waals surface area (Å²) >= 11 is 0. The van der Waals surface area contributed by atoms with E-state index < -0.39 is 0 Å². The fraction of sp³-hybridized carbons (Fsp3) is 0.583. The van der Waals surface area contributed by atoms with Crippen molar-refractivity contribution in [2.75, 3.05) is 6.54 Å². The topological polar surface area (TPSA) is 59.8 Å². The summed E-state index contributed by atoms with van der Waals surface area (Å²) in [5, 5.41) is 10.7. The standard InChI is InChI=1S/C12H18N4O/c1-16-14-9-11(15-16)12(17)13-8-7-10-5-3-2-4-6-10/h5,9H,2-4,6-8H2,1H3,(H,13,17). The second-order valence-electron chi connectivity index (χ2n) is 4.33. The second kappa shape index (κ2) is 5.61. The molecular weight excluding hydrogens is 216 g/mol. The van der Waals surface area contributed by atoms with E-state index >= 15 is 0 Å². The molecule has 17 heavy (non-hydrogen) atoms. The largest absolute Gasteiger partial charge is 0.350 e. The monoisotopic (exact) mass is 234 g/mol. The normalized spacial score (nSPS) is 15.5. The van der Waals surface area contributed by atoms with Crippen LogP contribution in [0.1, 0.15) is 42.6 Å². The van der Waals surface area contributed by atoms with E-state index in [9.17, 15) is 4.79 Å². The van der Waals surface area contributed by atoms with Gasteiger partial charge in [0, 0.05) is 13.6 Å². The molecule has 1 aromatic heterocycles. The third-order valence-electron chi connectivity index (χ3n) is 2.95. The van der Waals surface area contributed by atoms with Crippen LogP contribution >= 0.6 is 0 Å². The number of carbonyl (C=O) groups excluding carboxylic acids is 1. The molecule has 1 amide bonds. The Hall–Kier alpha value is -1.65. The molecule has 5 nitrogen and oxygen atoms in total. The van der Waals surface area contributed by atoms with Crippen LogP contribution in [-0.4, -0.2) is 27.4 Å². The maximum atomic E-state index is 11.7. The number of carbonyl (C=O) groups is 1. The maximum Gasteiger partial charge on any atom is 0.273 e. The summed E-state index contributed by atoms with van der Waals surface area (Å²) in [6.07, 6.45) is 9.69. The number of nitrogens with zero attached hydrogens (tertiary/aromatic N) is 3. The van der Waals surface area contributed by atoms with Gasteiger partial charge >= 0.3 is 0 Å². The highest BCUT2D eigenvalue weighted by Gasteiger charge is 2.09. The fourth-order valence-electron chi connectivity index (χ4n) is 2.01. The van der Waals surface area contributed by atoms with Crippen molar-refractivity contribution in [3.05, 3.63) is 23.5 Å². The number of rotatable bonds is 4. The molecule has 0 atom stereocenters. The minimum absolute atomic E-state index is 0.144. The number of nitrogens with one attached hydrogen (secondary N) is 1. The molecule has 0 saturated carbocycles. The molecule has 0 aliphatic heterocycles. The molecule has 1 heterocycles. The Kier molecular flexibility index (Phi) is 3.90. The Balaban J connectivity index is 1.75. The third kappa shape index (κ3) is 3.41. The van der Waals surface area contributed by atoms with Crippen LogP contribution in [0.3, 0.4) is 0 Å². The molecule has 0 saturated heterocycles. The Morgan fingerprint density at radius 1 is 1.53 bits per heavy atom. The van der Waals surface area contributed by atoms with Gasteiger partial charge in [-0.2, -0.15) is 9.90 Å². The first kappa shape index (κ1) is 11.8. The average molecular weight is 234 g/mol. The molecule has 5 heteroatoms. The molecule has 0 radical (unpaired) electrons. The van der Waals surface area contributed by atoms with Crippen LogP contribution in [-0.2, 0) is 7.05 Å². The zero-order valence-electron chi connectivity index (χ0n) is 10.1. The van der Waals surface area contributed by atoms with Crippen molar-refractivity contribution in [2.45, 2.75) is 32.1 Å². The minimum Gasteiger partial charge on any atom is -0.350 e. The second-order valence-corrected chi connectivity index (χ2v) is 4.33. The first-order valence-electron chi connectivity index (χ1n) is 6.08. The molecule has 92 valence electrons. The molecule has 0 bridgehead atoms. The Bertz CT molecular complexity index is 422. The number of aryl methyl sites for hydroxylation is 1.